The van der Waals surface area contributed by atoms with Crippen LogP contribution in [0.2, 0.25) is 0 Å². The summed E-state index contributed by atoms with van der Waals surface area (Å²) in [4.78, 5) is 23.8. The van der Waals surface area contributed by atoms with Crippen molar-refractivity contribution in [1.29, 1.82) is 0 Å². The molecule has 0 bridgehead atoms. The van der Waals surface area contributed by atoms with Gasteiger partial charge in [0.05, 0.1) is 18.2 Å². The van der Waals surface area contributed by atoms with Crippen LogP contribution in [0.15, 0.2) is 18.2 Å². The molecule has 1 aromatic carbocycles. The Bertz CT molecular complexity index is 622. The number of carbonyl (C=O) groups excluding carboxylic acids is 2. The van der Waals surface area contributed by atoms with Crippen molar-refractivity contribution in [3.63, 3.8) is 0 Å². The molecule has 0 unspecified atom stereocenters. The summed E-state index contributed by atoms with van der Waals surface area (Å²) in [6.07, 6.45) is -8.85. The van der Waals surface area contributed by atoms with Crippen molar-refractivity contribution >= 4 is 11.9 Å². The predicted molar refractivity (Wildman–Crippen MR) is 79.2 cm³/mol. The number of methoxy groups -OCH3 is 1. The molecule has 0 saturated heterocycles. The summed E-state index contributed by atoms with van der Waals surface area (Å²) in [6.45, 7) is 1.80. The lowest BCUT2D eigenvalue weighted by molar-refractivity contribution is -0.144. The summed E-state index contributed by atoms with van der Waals surface area (Å²) in [6, 6.07) is -0.639. The standard InChI is InChI=1S/C16H17F6NO3/c1-3-4-5-12(14(25)26-2)23-13(24)9-6-10(15(17,18)19)8-11(7-9)16(20,21)22/h6-8,12H,3-5H2,1-2H3,(H,23,24)/t12-/m1/s1. The third-order valence-electron chi connectivity index (χ3n) is 3.49. The van der Waals surface area contributed by atoms with Gasteiger partial charge >= 0.3 is 18.3 Å². The molecule has 10 heteroatoms. The zero-order chi connectivity index (χ0) is 20.1. The largest absolute Gasteiger partial charge is 0.467 e. The zero-order valence-electron chi connectivity index (χ0n) is 13.9. The van der Waals surface area contributed by atoms with Gasteiger partial charge in [-0.3, -0.25) is 4.79 Å². The number of carbonyl (C=O) groups is 2. The topological polar surface area (TPSA) is 55.4 Å². The molecule has 4 nitrogen and oxygen atoms in total. The van der Waals surface area contributed by atoms with Gasteiger partial charge in [0.25, 0.3) is 5.91 Å². The first-order chi connectivity index (χ1) is 11.9. The quantitative estimate of drug-likeness (QED) is 0.590. The van der Waals surface area contributed by atoms with Gasteiger partial charge in [-0.2, -0.15) is 26.3 Å². The van der Waals surface area contributed by atoms with Crippen molar-refractivity contribution in [1.82, 2.24) is 5.32 Å². The lowest BCUT2D eigenvalue weighted by Gasteiger charge is -2.18. The van der Waals surface area contributed by atoms with E-state index in [4.69, 9.17) is 0 Å². The van der Waals surface area contributed by atoms with Gasteiger partial charge in [-0.15, -0.1) is 0 Å². The molecular formula is C16H17F6NO3. The van der Waals surface area contributed by atoms with Gasteiger partial charge in [-0.1, -0.05) is 19.8 Å². The highest BCUT2D eigenvalue weighted by molar-refractivity contribution is 5.97. The number of rotatable bonds is 6. The van der Waals surface area contributed by atoms with Gasteiger partial charge in [-0.25, -0.2) is 4.79 Å². The molecule has 1 atom stereocenters. The highest BCUT2D eigenvalue weighted by atomic mass is 19.4. The molecule has 0 aliphatic rings. The van der Waals surface area contributed by atoms with E-state index in [1.165, 1.54) is 0 Å². The van der Waals surface area contributed by atoms with E-state index < -0.39 is 47.0 Å². The minimum absolute atomic E-state index is 0.0777. The van der Waals surface area contributed by atoms with E-state index in [9.17, 15) is 35.9 Å². The summed E-state index contributed by atoms with van der Waals surface area (Å²) in [5, 5.41) is 2.13. The number of ether oxygens (including phenoxy) is 1. The molecule has 0 saturated carbocycles. The van der Waals surface area contributed by atoms with E-state index in [1.54, 1.807) is 6.92 Å². The van der Waals surface area contributed by atoms with Crippen LogP contribution in [-0.4, -0.2) is 25.0 Å². The van der Waals surface area contributed by atoms with Crippen LogP contribution in [0.1, 0.15) is 47.7 Å². The third-order valence-corrected chi connectivity index (χ3v) is 3.49. The van der Waals surface area contributed by atoms with E-state index in [0.717, 1.165) is 7.11 Å². The zero-order valence-corrected chi connectivity index (χ0v) is 13.9. The smallest absolute Gasteiger partial charge is 0.416 e. The van der Waals surface area contributed by atoms with Gasteiger partial charge in [0, 0.05) is 5.56 Å². The molecule has 146 valence electrons. The molecule has 0 spiro atoms. The Hall–Kier alpha value is -2.26. The van der Waals surface area contributed by atoms with Crippen LogP contribution in [-0.2, 0) is 21.9 Å². The average molecular weight is 385 g/mol. The van der Waals surface area contributed by atoms with E-state index in [-0.39, 0.29) is 12.5 Å². The van der Waals surface area contributed by atoms with Crippen LogP contribution in [0, 0.1) is 0 Å². The Labute approximate surface area is 145 Å². The molecule has 26 heavy (non-hydrogen) atoms. The van der Waals surface area contributed by atoms with Gasteiger partial charge in [0.15, 0.2) is 0 Å². The molecule has 0 fully saturated rings. The number of nitrogens with one attached hydrogen (secondary N) is 1. The molecular weight excluding hydrogens is 368 g/mol. The molecule has 0 aliphatic heterocycles. The highest BCUT2D eigenvalue weighted by Crippen LogP contribution is 2.36. The fraction of sp³-hybridized carbons (Fsp3) is 0.500. The van der Waals surface area contributed by atoms with Crippen LogP contribution in [0.4, 0.5) is 26.3 Å². The van der Waals surface area contributed by atoms with Crippen molar-refractivity contribution < 1.29 is 40.7 Å². The number of benzene rings is 1. The number of unbranched alkanes of at least 4 members (excludes halogenated alkanes) is 1. The molecule has 0 radical (unpaired) electrons. The Morgan fingerprint density at radius 2 is 1.54 bits per heavy atom. The lowest BCUT2D eigenvalue weighted by atomic mass is 10.0. The van der Waals surface area contributed by atoms with E-state index >= 15 is 0 Å². The van der Waals surface area contributed by atoms with Crippen molar-refractivity contribution in [3.8, 4) is 0 Å². The fourth-order valence-corrected chi connectivity index (χ4v) is 2.13. The number of alkyl halides is 6. The Morgan fingerprint density at radius 3 is 1.92 bits per heavy atom. The number of amides is 1. The van der Waals surface area contributed by atoms with Crippen molar-refractivity contribution in [2.75, 3.05) is 7.11 Å². The van der Waals surface area contributed by atoms with Crippen molar-refractivity contribution in [2.24, 2.45) is 0 Å². The summed E-state index contributed by atoms with van der Waals surface area (Å²) in [5.74, 6) is -2.07. The van der Waals surface area contributed by atoms with Gasteiger partial charge < -0.3 is 10.1 Å². The molecule has 1 amide bonds. The summed E-state index contributed by atoms with van der Waals surface area (Å²) >= 11 is 0. The Balaban J connectivity index is 3.22. The van der Waals surface area contributed by atoms with Crippen LogP contribution >= 0.6 is 0 Å². The summed E-state index contributed by atoms with van der Waals surface area (Å²) < 4.78 is 81.5. The van der Waals surface area contributed by atoms with Gasteiger partial charge in [0.1, 0.15) is 6.04 Å². The minimum atomic E-state index is -5.07. The highest BCUT2D eigenvalue weighted by Gasteiger charge is 2.37. The minimum Gasteiger partial charge on any atom is -0.467 e. The first-order valence-corrected chi connectivity index (χ1v) is 7.58. The molecule has 0 heterocycles. The number of esters is 1. The molecule has 1 N–H and O–H groups in total. The number of hydrogen-bond donors (Lipinski definition) is 1. The maximum absolute atomic E-state index is 12.8. The third kappa shape index (κ3) is 5.92. The number of hydrogen-bond acceptors (Lipinski definition) is 3. The second-order valence-electron chi connectivity index (χ2n) is 5.49. The monoisotopic (exact) mass is 385 g/mol. The van der Waals surface area contributed by atoms with Crippen LogP contribution in [0.5, 0.6) is 0 Å². The van der Waals surface area contributed by atoms with Gasteiger partial charge in [-0.05, 0) is 24.6 Å². The predicted octanol–water partition coefficient (Wildman–Crippen LogP) is 4.19. The molecule has 0 aromatic heterocycles. The van der Waals surface area contributed by atoms with Crippen molar-refractivity contribution in [2.45, 2.75) is 44.6 Å². The normalized spacial score (nSPS) is 13.2. The second kappa shape index (κ2) is 8.41. The number of halogens is 6. The Kier molecular flexibility index (Phi) is 7.05. The van der Waals surface area contributed by atoms with Gasteiger partial charge in [0.2, 0.25) is 0 Å². The summed E-state index contributed by atoms with van der Waals surface area (Å²) in [5.41, 5.74) is -4.07. The maximum atomic E-state index is 12.8. The second-order valence-corrected chi connectivity index (χ2v) is 5.49. The van der Waals surface area contributed by atoms with E-state index in [2.05, 4.69) is 10.1 Å². The first-order valence-electron chi connectivity index (χ1n) is 7.58. The average Bonchev–Trinajstić information content (AvgIpc) is 2.55. The molecule has 1 rings (SSSR count). The van der Waals surface area contributed by atoms with Crippen molar-refractivity contribution in [3.05, 3.63) is 34.9 Å². The molecule has 0 aliphatic carbocycles. The fourth-order valence-electron chi connectivity index (χ4n) is 2.13. The first kappa shape index (κ1) is 21.8. The Morgan fingerprint density at radius 1 is 1.04 bits per heavy atom. The SMILES string of the molecule is CCCC[C@@H](NC(=O)c1cc(C(F)(F)F)cc(C(F)(F)F)c1)C(=O)OC. The maximum Gasteiger partial charge on any atom is 0.416 e. The summed E-state index contributed by atoms with van der Waals surface area (Å²) in [7, 11) is 1.06. The van der Waals surface area contributed by atoms with Crippen LogP contribution < -0.4 is 5.32 Å². The molecule has 1 aromatic rings. The van der Waals surface area contributed by atoms with Crippen LogP contribution in [0.3, 0.4) is 0 Å². The van der Waals surface area contributed by atoms with E-state index in [0.29, 0.717) is 25.0 Å². The van der Waals surface area contributed by atoms with Crippen LogP contribution in [0.25, 0.3) is 0 Å². The lowest BCUT2D eigenvalue weighted by Crippen LogP contribution is -2.41. The van der Waals surface area contributed by atoms with E-state index in [1.807, 2.05) is 0 Å².